The third-order valence-corrected chi connectivity index (χ3v) is 3.89. The van der Waals surface area contributed by atoms with Crippen LogP contribution in [0.2, 0.25) is 0 Å². The second kappa shape index (κ2) is 6.59. The van der Waals surface area contributed by atoms with Gasteiger partial charge in [-0.3, -0.25) is 0 Å². The molecule has 2 rings (SSSR count). The molecule has 1 aromatic carbocycles. The van der Waals surface area contributed by atoms with Crippen LogP contribution in [0.4, 0.5) is 0 Å². The Labute approximate surface area is 117 Å². The van der Waals surface area contributed by atoms with Gasteiger partial charge in [-0.1, -0.05) is 12.1 Å². The molecule has 2 N–H and O–H groups in total. The molecule has 0 atom stereocenters. The van der Waals surface area contributed by atoms with Crippen molar-refractivity contribution in [3.63, 3.8) is 0 Å². The van der Waals surface area contributed by atoms with Gasteiger partial charge in [0.05, 0.1) is 6.61 Å². The lowest BCUT2D eigenvalue weighted by Crippen LogP contribution is -2.13. The van der Waals surface area contributed by atoms with E-state index in [1.54, 1.807) is 17.4 Å². The lowest BCUT2D eigenvalue weighted by molar-refractivity contribution is 0.316. The van der Waals surface area contributed by atoms with Gasteiger partial charge in [0, 0.05) is 18.7 Å². The average molecular weight is 277 g/mol. The zero-order valence-electron chi connectivity index (χ0n) is 11.3. The first-order chi connectivity index (χ1) is 9.22. The summed E-state index contributed by atoms with van der Waals surface area (Å²) in [7, 11) is 0. The van der Waals surface area contributed by atoms with Crippen molar-refractivity contribution >= 4 is 11.3 Å². The van der Waals surface area contributed by atoms with Crippen molar-refractivity contribution in [2.24, 2.45) is 0 Å². The van der Waals surface area contributed by atoms with Crippen LogP contribution < -0.4 is 10.1 Å². The van der Waals surface area contributed by atoms with Gasteiger partial charge >= 0.3 is 0 Å². The van der Waals surface area contributed by atoms with Crippen LogP contribution in [0.15, 0.2) is 29.0 Å². The summed E-state index contributed by atoms with van der Waals surface area (Å²) in [5.74, 6) is 0.785. The molecule has 0 unspecified atom stereocenters. The van der Waals surface area contributed by atoms with Crippen LogP contribution in [0.1, 0.15) is 23.6 Å². The molecule has 0 bridgehead atoms. The van der Waals surface area contributed by atoms with Crippen LogP contribution in [-0.2, 0) is 13.1 Å². The van der Waals surface area contributed by atoms with E-state index in [9.17, 15) is 5.11 Å². The van der Waals surface area contributed by atoms with Gasteiger partial charge < -0.3 is 15.2 Å². The van der Waals surface area contributed by atoms with Crippen molar-refractivity contribution in [3.05, 3.63) is 45.6 Å². The van der Waals surface area contributed by atoms with E-state index in [2.05, 4.69) is 23.0 Å². The SMILES string of the molecule is CCOc1cccc(CNCc2cscc2C)c1O. The molecule has 0 amide bonds. The summed E-state index contributed by atoms with van der Waals surface area (Å²) in [6.45, 7) is 6.01. The number of benzene rings is 1. The smallest absolute Gasteiger partial charge is 0.162 e. The predicted molar refractivity (Wildman–Crippen MR) is 78.9 cm³/mol. The maximum atomic E-state index is 10.1. The largest absolute Gasteiger partial charge is 0.504 e. The number of thiophene rings is 1. The van der Waals surface area contributed by atoms with Crippen molar-refractivity contribution in [3.8, 4) is 11.5 Å². The molecule has 19 heavy (non-hydrogen) atoms. The minimum atomic E-state index is 0.235. The Morgan fingerprint density at radius 1 is 1.21 bits per heavy atom. The van der Waals surface area contributed by atoms with Crippen molar-refractivity contribution in [2.75, 3.05) is 6.61 Å². The fourth-order valence-electron chi connectivity index (χ4n) is 1.88. The summed E-state index contributed by atoms with van der Waals surface area (Å²) < 4.78 is 5.37. The van der Waals surface area contributed by atoms with Gasteiger partial charge in [0.2, 0.25) is 0 Å². The quantitative estimate of drug-likeness (QED) is 0.849. The number of phenolic OH excluding ortho intramolecular Hbond substituents is 1. The fraction of sp³-hybridized carbons (Fsp3) is 0.333. The molecule has 0 fully saturated rings. The first-order valence-corrected chi connectivity index (χ1v) is 7.32. The molecule has 0 aliphatic carbocycles. The molecule has 0 saturated carbocycles. The molecule has 0 aliphatic heterocycles. The van der Waals surface area contributed by atoms with Gasteiger partial charge in [0.15, 0.2) is 11.5 Å². The highest BCUT2D eigenvalue weighted by Crippen LogP contribution is 2.29. The van der Waals surface area contributed by atoms with E-state index in [0.29, 0.717) is 18.9 Å². The second-order valence-corrected chi connectivity index (χ2v) is 5.12. The van der Waals surface area contributed by atoms with Gasteiger partial charge in [-0.25, -0.2) is 0 Å². The average Bonchev–Trinajstić information content (AvgIpc) is 2.80. The molecule has 0 spiro atoms. The number of rotatable bonds is 6. The van der Waals surface area contributed by atoms with E-state index < -0.39 is 0 Å². The highest BCUT2D eigenvalue weighted by Gasteiger charge is 2.07. The van der Waals surface area contributed by atoms with Crippen LogP contribution in [-0.4, -0.2) is 11.7 Å². The van der Waals surface area contributed by atoms with Crippen LogP contribution in [0, 0.1) is 6.92 Å². The van der Waals surface area contributed by atoms with Crippen LogP contribution in [0.25, 0.3) is 0 Å². The first-order valence-electron chi connectivity index (χ1n) is 6.38. The Balaban J connectivity index is 1.96. The van der Waals surface area contributed by atoms with Crippen molar-refractivity contribution in [1.82, 2.24) is 5.32 Å². The van der Waals surface area contributed by atoms with Crippen molar-refractivity contribution < 1.29 is 9.84 Å². The van der Waals surface area contributed by atoms with Gasteiger partial charge in [-0.15, -0.1) is 0 Å². The van der Waals surface area contributed by atoms with E-state index in [1.807, 2.05) is 19.1 Å². The molecular weight excluding hydrogens is 258 g/mol. The third-order valence-electron chi connectivity index (χ3n) is 2.97. The fourth-order valence-corrected chi connectivity index (χ4v) is 2.74. The number of ether oxygens (including phenoxy) is 1. The normalized spacial score (nSPS) is 10.6. The molecule has 102 valence electrons. The zero-order valence-corrected chi connectivity index (χ0v) is 12.1. The Morgan fingerprint density at radius 3 is 2.68 bits per heavy atom. The van der Waals surface area contributed by atoms with Crippen LogP contribution in [0.5, 0.6) is 11.5 Å². The molecular formula is C15H19NO2S. The number of aryl methyl sites for hydroxylation is 1. The molecule has 0 radical (unpaired) electrons. The maximum Gasteiger partial charge on any atom is 0.162 e. The van der Waals surface area contributed by atoms with Crippen molar-refractivity contribution in [2.45, 2.75) is 26.9 Å². The highest BCUT2D eigenvalue weighted by atomic mass is 32.1. The lowest BCUT2D eigenvalue weighted by Gasteiger charge is -2.11. The highest BCUT2D eigenvalue weighted by molar-refractivity contribution is 7.08. The van der Waals surface area contributed by atoms with Crippen LogP contribution in [0.3, 0.4) is 0 Å². The van der Waals surface area contributed by atoms with Gasteiger partial charge in [0.25, 0.3) is 0 Å². The standard InChI is InChI=1S/C15H19NO2S/c1-3-18-14-6-4-5-12(15(14)17)7-16-8-13-10-19-9-11(13)2/h4-6,9-10,16-17H,3,7-8H2,1-2H3. The second-order valence-electron chi connectivity index (χ2n) is 4.38. The molecule has 1 heterocycles. The van der Waals surface area contributed by atoms with Gasteiger partial charge in [-0.05, 0) is 41.8 Å². The molecule has 1 aromatic heterocycles. The van der Waals surface area contributed by atoms with E-state index >= 15 is 0 Å². The van der Waals surface area contributed by atoms with E-state index in [1.165, 1.54) is 11.1 Å². The van der Waals surface area contributed by atoms with Crippen molar-refractivity contribution in [1.29, 1.82) is 0 Å². The molecule has 4 heteroatoms. The number of hydrogen-bond donors (Lipinski definition) is 2. The Morgan fingerprint density at radius 2 is 2.00 bits per heavy atom. The zero-order chi connectivity index (χ0) is 13.7. The maximum absolute atomic E-state index is 10.1. The summed E-state index contributed by atoms with van der Waals surface area (Å²) >= 11 is 1.72. The first kappa shape index (κ1) is 13.9. The molecule has 3 nitrogen and oxygen atoms in total. The number of hydrogen-bond acceptors (Lipinski definition) is 4. The molecule has 2 aromatic rings. The summed E-state index contributed by atoms with van der Waals surface area (Å²) in [5.41, 5.74) is 3.48. The number of aromatic hydroxyl groups is 1. The number of nitrogens with one attached hydrogen (secondary N) is 1. The minimum absolute atomic E-state index is 0.235. The minimum Gasteiger partial charge on any atom is -0.504 e. The molecule has 0 saturated heterocycles. The summed E-state index contributed by atoms with van der Waals surface area (Å²) in [5, 5.41) is 17.7. The lowest BCUT2D eigenvalue weighted by atomic mass is 10.1. The summed E-state index contributed by atoms with van der Waals surface area (Å²) in [6, 6.07) is 5.59. The Hall–Kier alpha value is -1.52. The topological polar surface area (TPSA) is 41.5 Å². The summed E-state index contributed by atoms with van der Waals surface area (Å²) in [6.07, 6.45) is 0. The summed E-state index contributed by atoms with van der Waals surface area (Å²) in [4.78, 5) is 0. The van der Waals surface area contributed by atoms with E-state index in [0.717, 1.165) is 12.1 Å². The van der Waals surface area contributed by atoms with E-state index in [4.69, 9.17) is 4.74 Å². The number of phenols is 1. The Kier molecular flexibility index (Phi) is 4.82. The monoisotopic (exact) mass is 277 g/mol. The molecule has 0 aliphatic rings. The van der Waals surface area contributed by atoms with E-state index in [-0.39, 0.29) is 5.75 Å². The third kappa shape index (κ3) is 3.49. The van der Waals surface area contributed by atoms with Crippen LogP contribution >= 0.6 is 11.3 Å². The van der Waals surface area contributed by atoms with Gasteiger partial charge in [0.1, 0.15) is 0 Å². The van der Waals surface area contributed by atoms with Gasteiger partial charge in [-0.2, -0.15) is 11.3 Å². The predicted octanol–water partition coefficient (Wildman–Crippen LogP) is 3.45. The Bertz CT molecular complexity index is 537. The number of para-hydroxylation sites is 1.